The smallest absolute Gasteiger partial charge is 0.268 e. The quantitative estimate of drug-likeness (QED) is 0.352. The van der Waals surface area contributed by atoms with Crippen molar-refractivity contribution < 1.29 is 17.9 Å². The maximum Gasteiger partial charge on any atom is 0.268 e. The van der Waals surface area contributed by atoms with Gasteiger partial charge in [0, 0.05) is 18.1 Å². The lowest BCUT2D eigenvalue weighted by molar-refractivity contribution is -0.119. The van der Waals surface area contributed by atoms with Crippen LogP contribution in [0.1, 0.15) is 23.5 Å². The lowest BCUT2D eigenvalue weighted by Gasteiger charge is -2.20. The molecule has 0 spiro atoms. The van der Waals surface area contributed by atoms with E-state index in [1.807, 2.05) is 36.4 Å². The Morgan fingerprint density at radius 1 is 1.00 bits per heavy atom. The number of ether oxygens (including phenoxy) is 1. The van der Waals surface area contributed by atoms with Crippen LogP contribution in [0.4, 0.5) is 0 Å². The Morgan fingerprint density at radius 3 is 2.34 bits per heavy atom. The lowest BCUT2D eigenvalue weighted by Crippen LogP contribution is -2.31. The van der Waals surface area contributed by atoms with Gasteiger partial charge in [-0.15, -0.1) is 0 Å². The van der Waals surface area contributed by atoms with Crippen LogP contribution in [0.15, 0.2) is 90.0 Å². The summed E-state index contributed by atoms with van der Waals surface area (Å²) in [4.78, 5) is 11.9. The van der Waals surface area contributed by atoms with E-state index in [9.17, 15) is 13.2 Å². The zero-order valence-corrected chi connectivity index (χ0v) is 20.4. The predicted octanol–water partition coefficient (Wildman–Crippen LogP) is 3.68. The van der Waals surface area contributed by atoms with Crippen LogP contribution in [0, 0.1) is 0 Å². The molecule has 0 aliphatic heterocycles. The van der Waals surface area contributed by atoms with Crippen molar-refractivity contribution in [2.45, 2.75) is 23.7 Å². The maximum atomic E-state index is 13.5. The van der Waals surface area contributed by atoms with Gasteiger partial charge in [-0.25, -0.2) is 12.4 Å². The number of carbonyl (C=O) groups is 1. The van der Waals surface area contributed by atoms with E-state index in [0.717, 1.165) is 22.9 Å². The molecule has 182 valence electrons. The van der Waals surface area contributed by atoms with E-state index in [-0.39, 0.29) is 23.3 Å². The summed E-state index contributed by atoms with van der Waals surface area (Å²) in [5.41, 5.74) is 8.08. The SMILES string of the molecule is COc1ccc(C(CCNC(=O)CN)Cc2ccccc2)c2ccn(S(=O)(=O)c3ccccc3)c12. The number of aromatic nitrogens is 1. The van der Waals surface area contributed by atoms with Gasteiger partial charge in [0.25, 0.3) is 10.0 Å². The number of carbonyl (C=O) groups excluding carboxylic acids is 1. The molecule has 0 saturated heterocycles. The van der Waals surface area contributed by atoms with Gasteiger partial charge in [-0.3, -0.25) is 4.79 Å². The molecule has 1 unspecified atom stereocenters. The highest BCUT2D eigenvalue weighted by Gasteiger charge is 2.24. The van der Waals surface area contributed by atoms with E-state index in [2.05, 4.69) is 17.4 Å². The van der Waals surface area contributed by atoms with Gasteiger partial charge < -0.3 is 15.8 Å². The number of nitrogens with two attached hydrogens (primary N) is 1. The fraction of sp³-hybridized carbons (Fsp3) is 0.222. The summed E-state index contributed by atoms with van der Waals surface area (Å²) < 4.78 is 33.8. The Morgan fingerprint density at radius 2 is 1.69 bits per heavy atom. The largest absolute Gasteiger partial charge is 0.495 e. The number of hydrogen-bond donors (Lipinski definition) is 2. The molecule has 1 amide bonds. The van der Waals surface area contributed by atoms with Gasteiger partial charge in [-0.1, -0.05) is 54.6 Å². The molecule has 0 fully saturated rings. The summed E-state index contributed by atoms with van der Waals surface area (Å²) in [6, 6.07) is 24.1. The standard InChI is InChI=1S/C27H29N3O4S/c1-34-25-13-12-23(21(14-16-29-26(31)19-28)18-20-8-4-2-5-9-20)24-15-17-30(27(24)25)35(32,33)22-10-6-3-7-11-22/h2-13,15,17,21H,14,16,18-19,28H2,1H3,(H,29,31). The highest BCUT2D eigenvalue weighted by molar-refractivity contribution is 7.90. The Bertz CT molecular complexity index is 1400. The molecule has 7 nitrogen and oxygen atoms in total. The molecule has 3 N–H and O–H groups in total. The van der Waals surface area contributed by atoms with Gasteiger partial charge in [0.2, 0.25) is 5.91 Å². The third-order valence-corrected chi connectivity index (χ3v) is 7.79. The molecule has 3 aromatic carbocycles. The molecular weight excluding hydrogens is 462 g/mol. The molecule has 4 aromatic rings. The molecule has 0 saturated carbocycles. The normalized spacial score (nSPS) is 12.4. The van der Waals surface area contributed by atoms with Crippen LogP contribution >= 0.6 is 0 Å². The van der Waals surface area contributed by atoms with Crippen LogP contribution in [0.2, 0.25) is 0 Å². The second kappa shape index (κ2) is 10.8. The molecule has 1 heterocycles. The zero-order chi connectivity index (χ0) is 24.8. The van der Waals surface area contributed by atoms with E-state index < -0.39 is 10.0 Å². The highest BCUT2D eigenvalue weighted by Crippen LogP contribution is 2.37. The summed E-state index contributed by atoms with van der Waals surface area (Å²) in [5, 5.41) is 3.65. The number of methoxy groups -OCH3 is 1. The zero-order valence-electron chi connectivity index (χ0n) is 19.6. The third-order valence-electron chi connectivity index (χ3n) is 6.10. The lowest BCUT2D eigenvalue weighted by atomic mass is 9.87. The molecule has 4 rings (SSSR count). The molecule has 0 aliphatic carbocycles. The summed E-state index contributed by atoms with van der Waals surface area (Å²) >= 11 is 0. The minimum Gasteiger partial charge on any atom is -0.495 e. The van der Waals surface area contributed by atoms with Gasteiger partial charge in [-0.2, -0.15) is 0 Å². The molecule has 0 radical (unpaired) electrons. The van der Waals surface area contributed by atoms with E-state index >= 15 is 0 Å². The first-order valence-corrected chi connectivity index (χ1v) is 12.9. The van der Waals surface area contributed by atoms with Gasteiger partial charge in [0.15, 0.2) is 0 Å². The average molecular weight is 492 g/mol. The van der Waals surface area contributed by atoms with E-state index in [4.69, 9.17) is 10.5 Å². The predicted molar refractivity (Wildman–Crippen MR) is 137 cm³/mol. The minimum atomic E-state index is -3.82. The number of nitrogens with one attached hydrogen (secondary N) is 1. The van der Waals surface area contributed by atoms with Crippen molar-refractivity contribution in [3.8, 4) is 5.75 Å². The molecule has 8 heteroatoms. The monoisotopic (exact) mass is 491 g/mol. The number of benzene rings is 3. The molecule has 0 bridgehead atoms. The summed E-state index contributed by atoms with van der Waals surface area (Å²) in [6.45, 7) is 0.403. The van der Waals surface area contributed by atoms with E-state index in [1.165, 1.54) is 11.1 Å². The summed E-state index contributed by atoms with van der Waals surface area (Å²) in [5.74, 6) is 0.297. The van der Waals surface area contributed by atoms with Crippen molar-refractivity contribution in [1.82, 2.24) is 9.29 Å². The van der Waals surface area contributed by atoms with Gasteiger partial charge >= 0.3 is 0 Å². The van der Waals surface area contributed by atoms with Crippen molar-refractivity contribution in [1.29, 1.82) is 0 Å². The highest BCUT2D eigenvalue weighted by atomic mass is 32.2. The Kier molecular flexibility index (Phi) is 7.53. The minimum absolute atomic E-state index is 0.0270. The van der Waals surface area contributed by atoms with Crippen molar-refractivity contribution in [2.24, 2.45) is 5.73 Å². The molecule has 1 atom stereocenters. The molecule has 1 aromatic heterocycles. The van der Waals surface area contributed by atoms with Crippen LogP contribution in [-0.4, -0.2) is 38.5 Å². The average Bonchev–Trinajstić information content (AvgIpc) is 3.35. The first kappa shape index (κ1) is 24.5. The third kappa shape index (κ3) is 5.23. The Labute approximate surface area is 205 Å². The van der Waals surface area contributed by atoms with Gasteiger partial charge in [-0.05, 0) is 54.2 Å². The van der Waals surface area contributed by atoms with Gasteiger partial charge in [0.1, 0.15) is 11.3 Å². The molecular formula is C27H29N3O4S. The summed E-state index contributed by atoms with van der Waals surface area (Å²) in [7, 11) is -2.29. The first-order chi connectivity index (χ1) is 17.0. The Balaban J connectivity index is 1.80. The Hall–Kier alpha value is -3.62. The second-order valence-electron chi connectivity index (χ2n) is 8.28. The van der Waals surface area contributed by atoms with Crippen molar-refractivity contribution in [3.63, 3.8) is 0 Å². The second-order valence-corrected chi connectivity index (χ2v) is 10.1. The number of nitrogens with zero attached hydrogens (tertiary/aromatic N) is 1. The maximum absolute atomic E-state index is 13.5. The topological polar surface area (TPSA) is 103 Å². The van der Waals surface area contributed by atoms with Crippen molar-refractivity contribution in [2.75, 3.05) is 20.2 Å². The molecule has 35 heavy (non-hydrogen) atoms. The van der Waals surface area contributed by atoms with Crippen molar-refractivity contribution >= 4 is 26.8 Å². The van der Waals surface area contributed by atoms with Gasteiger partial charge in [0.05, 0.1) is 18.6 Å². The van der Waals surface area contributed by atoms with E-state index in [1.54, 1.807) is 36.5 Å². The van der Waals surface area contributed by atoms with Crippen LogP contribution in [-0.2, 0) is 21.2 Å². The van der Waals surface area contributed by atoms with Crippen LogP contribution in [0.25, 0.3) is 10.9 Å². The van der Waals surface area contributed by atoms with Crippen LogP contribution in [0.3, 0.4) is 0 Å². The number of amides is 1. The molecule has 0 aliphatic rings. The number of rotatable bonds is 10. The fourth-order valence-electron chi connectivity index (χ4n) is 4.37. The van der Waals surface area contributed by atoms with Crippen LogP contribution < -0.4 is 15.8 Å². The van der Waals surface area contributed by atoms with Crippen molar-refractivity contribution in [3.05, 3.63) is 96.2 Å². The summed E-state index contributed by atoms with van der Waals surface area (Å²) in [6.07, 6.45) is 2.98. The number of hydrogen-bond acceptors (Lipinski definition) is 5. The van der Waals surface area contributed by atoms with E-state index in [0.29, 0.717) is 24.2 Å². The first-order valence-electron chi connectivity index (χ1n) is 11.4. The van der Waals surface area contributed by atoms with Crippen LogP contribution in [0.5, 0.6) is 5.75 Å². The number of fused-ring (bicyclic) bond motifs is 1. The fourth-order valence-corrected chi connectivity index (χ4v) is 5.75.